The summed E-state index contributed by atoms with van der Waals surface area (Å²) < 4.78 is 25.5. The first-order valence-corrected chi connectivity index (χ1v) is 9.15. The van der Waals surface area contributed by atoms with Gasteiger partial charge in [-0.15, -0.1) is 0 Å². The Balaban J connectivity index is 2.21. The maximum Gasteiger partial charge on any atom is 0.150 e. The topological polar surface area (TPSA) is 64.0 Å². The third-order valence-corrected chi connectivity index (χ3v) is 6.05. The molecule has 1 heterocycles. The first-order valence-electron chi connectivity index (χ1n) is 7.19. The molecule has 1 saturated carbocycles. The molecule has 5 nitrogen and oxygen atoms in total. The molecule has 1 aromatic rings. The maximum absolute atomic E-state index is 11.8. The van der Waals surface area contributed by atoms with Crippen molar-refractivity contribution in [2.24, 2.45) is 13.0 Å². The molecule has 0 aromatic carbocycles. The summed E-state index contributed by atoms with van der Waals surface area (Å²) in [5.41, 5.74) is 2.14. The standard InChI is InChI=1S/C14H25N3O2S/c1-10-8-13(17(3)16-10)14(15-2)11-6-5-7-12(9-11)20(4,18)19/h8,11-12,14-15H,5-7,9H2,1-4H3. The smallest absolute Gasteiger partial charge is 0.150 e. The van der Waals surface area contributed by atoms with E-state index in [4.69, 9.17) is 0 Å². The van der Waals surface area contributed by atoms with Crippen molar-refractivity contribution < 1.29 is 8.42 Å². The Morgan fingerprint density at radius 3 is 2.65 bits per heavy atom. The van der Waals surface area contributed by atoms with Gasteiger partial charge in [-0.2, -0.15) is 5.10 Å². The largest absolute Gasteiger partial charge is 0.311 e. The number of hydrogen-bond donors (Lipinski definition) is 1. The van der Waals surface area contributed by atoms with Gasteiger partial charge in [-0.05, 0) is 45.2 Å². The highest BCUT2D eigenvalue weighted by molar-refractivity contribution is 7.91. The van der Waals surface area contributed by atoms with Crippen molar-refractivity contribution in [3.05, 3.63) is 17.5 Å². The zero-order chi connectivity index (χ0) is 14.9. The molecule has 0 spiro atoms. The number of nitrogens with one attached hydrogen (secondary N) is 1. The Morgan fingerprint density at radius 2 is 2.15 bits per heavy atom. The summed E-state index contributed by atoms with van der Waals surface area (Å²) in [7, 11) is 0.952. The summed E-state index contributed by atoms with van der Waals surface area (Å²) in [6.45, 7) is 1.98. The number of aromatic nitrogens is 2. The molecule has 0 saturated heterocycles. The predicted octanol–water partition coefficient (Wildman–Crippen LogP) is 1.59. The lowest BCUT2D eigenvalue weighted by Gasteiger charge is -2.33. The zero-order valence-electron chi connectivity index (χ0n) is 12.8. The maximum atomic E-state index is 11.8. The number of nitrogens with zero attached hydrogens (tertiary/aromatic N) is 2. The van der Waals surface area contributed by atoms with Gasteiger partial charge in [-0.3, -0.25) is 4.68 Å². The van der Waals surface area contributed by atoms with Crippen LogP contribution < -0.4 is 5.32 Å². The summed E-state index contributed by atoms with van der Waals surface area (Å²) in [6.07, 6.45) is 4.96. The molecule has 3 unspecified atom stereocenters. The average molecular weight is 299 g/mol. The van der Waals surface area contributed by atoms with E-state index in [1.165, 1.54) is 6.26 Å². The van der Waals surface area contributed by atoms with E-state index in [0.29, 0.717) is 5.92 Å². The second kappa shape index (κ2) is 5.85. The van der Waals surface area contributed by atoms with Gasteiger partial charge in [0.1, 0.15) is 9.84 Å². The molecule has 1 aromatic heterocycles. The molecule has 3 atom stereocenters. The van der Waals surface area contributed by atoms with Crippen molar-refractivity contribution in [1.29, 1.82) is 0 Å². The van der Waals surface area contributed by atoms with Gasteiger partial charge in [-0.1, -0.05) is 6.42 Å². The van der Waals surface area contributed by atoms with E-state index >= 15 is 0 Å². The molecule has 114 valence electrons. The predicted molar refractivity (Wildman–Crippen MR) is 80.3 cm³/mol. The molecular formula is C14H25N3O2S. The average Bonchev–Trinajstić information content (AvgIpc) is 2.69. The molecular weight excluding hydrogens is 274 g/mol. The molecule has 6 heteroatoms. The van der Waals surface area contributed by atoms with E-state index in [2.05, 4.69) is 16.5 Å². The van der Waals surface area contributed by atoms with Gasteiger partial charge in [0.25, 0.3) is 0 Å². The monoisotopic (exact) mass is 299 g/mol. The molecule has 1 aliphatic rings. The van der Waals surface area contributed by atoms with Crippen LogP contribution in [0.15, 0.2) is 6.07 Å². The van der Waals surface area contributed by atoms with E-state index in [-0.39, 0.29) is 11.3 Å². The molecule has 0 amide bonds. The molecule has 20 heavy (non-hydrogen) atoms. The van der Waals surface area contributed by atoms with Crippen LogP contribution in [-0.4, -0.2) is 36.8 Å². The minimum Gasteiger partial charge on any atom is -0.311 e. The van der Waals surface area contributed by atoms with Crippen LogP contribution in [0.4, 0.5) is 0 Å². The molecule has 0 radical (unpaired) electrons. The fourth-order valence-electron chi connectivity index (χ4n) is 3.42. The van der Waals surface area contributed by atoms with Crippen LogP contribution in [-0.2, 0) is 16.9 Å². The van der Waals surface area contributed by atoms with Gasteiger partial charge in [0.05, 0.1) is 22.7 Å². The Bertz CT molecular complexity index is 565. The minimum atomic E-state index is -2.94. The van der Waals surface area contributed by atoms with E-state index in [9.17, 15) is 8.42 Å². The van der Waals surface area contributed by atoms with E-state index in [1.54, 1.807) is 0 Å². The van der Waals surface area contributed by atoms with Gasteiger partial charge in [0.15, 0.2) is 0 Å². The van der Waals surface area contributed by atoms with Crippen LogP contribution in [0.1, 0.15) is 43.1 Å². The molecule has 1 N–H and O–H groups in total. The van der Waals surface area contributed by atoms with Crippen molar-refractivity contribution in [2.45, 2.75) is 43.9 Å². The highest BCUT2D eigenvalue weighted by Gasteiger charge is 2.34. The third kappa shape index (κ3) is 3.23. The van der Waals surface area contributed by atoms with Crippen molar-refractivity contribution in [1.82, 2.24) is 15.1 Å². The second-order valence-corrected chi connectivity index (χ2v) is 8.30. The number of hydrogen-bond acceptors (Lipinski definition) is 4. The van der Waals surface area contributed by atoms with E-state index < -0.39 is 9.84 Å². The number of sulfone groups is 1. The molecule has 1 fully saturated rings. The summed E-state index contributed by atoms with van der Waals surface area (Å²) >= 11 is 0. The highest BCUT2D eigenvalue weighted by atomic mass is 32.2. The van der Waals surface area contributed by atoms with Crippen LogP contribution in [0.25, 0.3) is 0 Å². The summed E-state index contributed by atoms with van der Waals surface area (Å²) in [5.74, 6) is 0.350. The van der Waals surface area contributed by atoms with Crippen molar-refractivity contribution >= 4 is 9.84 Å². The zero-order valence-corrected chi connectivity index (χ0v) is 13.6. The molecule has 2 rings (SSSR count). The van der Waals surface area contributed by atoms with Crippen LogP contribution in [0, 0.1) is 12.8 Å². The Kier molecular flexibility index (Phi) is 4.54. The SMILES string of the molecule is CNC(c1cc(C)nn1C)C1CCCC(S(C)(=O)=O)C1. The van der Waals surface area contributed by atoms with Crippen LogP contribution in [0.2, 0.25) is 0 Å². The van der Waals surface area contributed by atoms with Crippen LogP contribution >= 0.6 is 0 Å². The van der Waals surface area contributed by atoms with E-state index in [1.807, 2.05) is 25.7 Å². The van der Waals surface area contributed by atoms with Gasteiger partial charge < -0.3 is 5.32 Å². The van der Waals surface area contributed by atoms with Crippen molar-refractivity contribution in [2.75, 3.05) is 13.3 Å². The van der Waals surface area contributed by atoms with Gasteiger partial charge in [0.2, 0.25) is 0 Å². The lowest BCUT2D eigenvalue weighted by atomic mass is 9.82. The van der Waals surface area contributed by atoms with Crippen LogP contribution in [0.3, 0.4) is 0 Å². The number of rotatable bonds is 4. The minimum absolute atomic E-state index is 0.172. The first kappa shape index (κ1) is 15.5. The molecule has 0 bridgehead atoms. The van der Waals surface area contributed by atoms with Gasteiger partial charge in [0, 0.05) is 13.3 Å². The Morgan fingerprint density at radius 1 is 1.45 bits per heavy atom. The molecule has 1 aliphatic carbocycles. The normalized spacial score (nSPS) is 25.6. The Labute approximate surface area is 121 Å². The highest BCUT2D eigenvalue weighted by Crippen LogP contribution is 2.36. The first-order chi connectivity index (χ1) is 9.32. The van der Waals surface area contributed by atoms with Gasteiger partial charge in [-0.25, -0.2) is 8.42 Å². The van der Waals surface area contributed by atoms with Gasteiger partial charge >= 0.3 is 0 Å². The number of aryl methyl sites for hydroxylation is 2. The van der Waals surface area contributed by atoms with Crippen molar-refractivity contribution in [3.63, 3.8) is 0 Å². The summed E-state index contributed by atoms with van der Waals surface area (Å²) in [4.78, 5) is 0. The van der Waals surface area contributed by atoms with Crippen molar-refractivity contribution in [3.8, 4) is 0 Å². The lowest BCUT2D eigenvalue weighted by Crippen LogP contribution is -2.35. The quantitative estimate of drug-likeness (QED) is 0.917. The Hall–Kier alpha value is -0.880. The fourth-order valence-corrected chi connectivity index (χ4v) is 4.61. The van der Waals surface area contributed by atoms with Crippen LogP contribution in [0.5, 0.6) is 0 Å². The molecule has 0 aliphatic heterocycles. The fraction of sp³-hybridized carbons (Fsp3) is 0.786. The summed E-state index contributed by atoms with van der Waals surface area (Å²) in [6, 6.07) is 2.26. The lowest BCUT2D eigenvalue weighted by molar-refractivity contribution is 0.274. The van der Waals surface area contributed by atoms with E-state index in [0.717, 1.165) is 37.1 Å². The second-order valence-electron chi connectivity index (χ2n) is 5.98. The third-order valence-electron chi connectivity index (χ3n) is 4.41. The summed E-state index contributed by atoms with van der Waals surface area (Å²) in [5, 5.41) is 7.57.